The Kier molecular flexibility index (Phi) is 8.46. The van der Waals surface area contributed by atoms with Crippen LogP contribution in [0.15, 0.2) is 48.5 Å². The quantitative estimate of drug-likeness (QED) is 0.346. The molecule has 202 valence electrons. The van der Waals surface area contributed by atoms with E-state index in [4.69, 9.17) is 4.74 Å². The van der Waals surface area contributed by atoms with E-state index in [0.29, 0.717) is 31.5 Å². The highest BCUT2D eigenvalue weighted by atomic mass is 16.5. The van der Waals surface area contributed by atoms with Gasteiger partial charge in [-0.1, -0.05) is 30.3 Å². The summed E-state index contributed by atoms with van der Waals surface area (Å²) in [5.74, 6) is 1.37. The molecule has 2 aliphatic rings. The van der Waals surface area contributed by atoms with Crippen LogP contribution < -0.4 is 15.5 Å². The van der Waals surface area contributed by atoms with E-state index < -0.39 is 0 Å². The maximum Gasteiger partial charge on any atom is 0.306 e. The molecule has 0 saturated heterocycles. The van der Waals surface area contributed by atoms with Crippen molar-refractivity contribution in [3.8, 4) is 0 Å². The number of rotatable bonds is 9. The van der Waals surface area contributed by atoms with Gasteiger partial charge in [0, 0.05) is 24.8 Å². The van der Waals surface area contributed by atoms with E-state index in [9.17, 15) is 9.59 Å². The molecule has 38 heavy (non-hydrogen) atoms. The van der Waals surface area contributed by atoms with Gasteiger partial charge in [-0.05, 0) is 81.0 Å². The molecule has 8 heteroatoms. The fourth-order valence-electron chi connectivity index (χ4n) is 5.94. The molecule has 2 aromatic carbocycles. The van der Waals surface area contributed by atoms with Gasteiger partial charge in [-0.3, -0.25) is 9.59 Å². The number of H-pyrrole nitrogens is 1. The molecule has 1 aliphatic heterocycles. The highest BCUT2D eigenvalue weighted by Gasteiger charge is 2.27. The number of fused-ring (bicyclic) bond motifs is 2. The summed E-state index contributed by atoms with van der Waals surface area (Å²) in [5.41, 5.74) is 4.23. The Morgan fingerprint density at radius 2 is 1.84 bits per heavy atom. The number of amides is 1. The summed E-state index contributed by atoms with van der Waals surface area (Å²) in [6, 6.07) is 16.7. The number of carbonyl (C=O) groups excluding carboxylic acids is 2. The van der Waals surface area contributed by atoms with E-state index in [1.807, 2.05) is 43.3 Å². The average Bonchev–Trinajstić information content (AvgIpc) is 3.26. The maximum absolute atomic E-state index is 13.0. The van der Waals surface area contributed by atoms with Crippen LogP contribution in [0.2, 0.25) is 0 Å². The molecule has 1 amide bonds. The van der Waals surface area contributed by atoms with Crippen LogP contribution in [-0.2, 0) is 14.3 Å². The molecule has 1 saturated carbocycles. The Labute approximate surface area is 224 Å². The smallest absolute Gasteiger partial charge is 0.306 e. The predicted octanol–water partition coefficient (Wildman–Crippen LogP) is 4.99. The third-order valence-electron chi connectivity index (χ3n) is 7.92. The summed E-state index contributed by atoms with van der Waals surface area (Å²) in [4.78, 5) is 35.3. The number of hydrogen-bond donors (Lipinski definition) is 3. The molecule has 8 nitrogen and oxygen atoms in total. The van der Waals surface area contributed by atoms with Gasteiger partial charge in [-0.25, -0.2) is 4.98 Å². The van der Waals surface area contributed by atoms with Crippen molar-refractivity contribution >= 4 is 34.5 Å². The molecule has 1 atom stereocenters. The number of aromatic nitrogens is 2. The minimum atomic E-state index is -0.152. The van der Waals surface area contributed by atoms with E-state index in [0.717, 1.165) is 79.8 Å². The lowest BCUT2D eigenvalue weighted by atomic mass is 9.86. The van der Waals surface area contributed by atoms with Gasteiger partial charge in [0.15, 0.2) is 0 Å². The summed E-state index contributed by atoms with van der Waals surface area (Å²) < 4.78 is 5.20. The van der Waals surface area contributed by atoms with Crippen molar-refractivity contribution in [3.63, 3.8) is 0 Å². The second kappa shape index (κ2) is 12.3. The number of esters is 1. The molecule has 3 N–H and O–H groups in total. The van der Waals surface area contributed by atoms with E-state index in [2.05, 4.69) is 37.6 Å². The summed E-state index contributed by atoms with van der Waals surface area (Å²) in [6.07, 6.45) is 6.55. The second-order valence-electron chi connectivity index (χ2n) is 10.6. The van der Waals surface area contributed by atoms with Gasteiger partial charge in [0.25, 0.3) is 0 Å². The fourth-order valence-corrected chi connectivity index (χ4v) is 5.94. The van der Waals surface area contributed by atoms with Crippen molar-refractivity contribution in [2.45, 2.75) is 63.8 Å². The van der Waals surface area contributed by atoms with Crippen LogP contribution in [0.1, 0.15) is 63.4 Å². The third-order valence-corrected chi connectivity index (χ3v) is 7.92. The van der Waals surface area contributed by atoms with E-state index in [1.165, 1.54) is 0 Å². The van der Waals surface area contributed by atoms with Crippen molar-refractivity contribution in [2.24, 2.45) is 5.92 Å². The van der Waals surface area contributed by atoms with Crippen molar-refractivity contribution in [1.82, 2.24) is 15.3 Å². The van der Waals surface area contributed by atoms with Gasteiger partial charge >= 0.3 is 5.97 Å². The SMILES string of the molecule is CCOC(=O)CC1CCCN(CC(=O)NCC2CCC(Nc3nc4ccccc4[nH]3)CC2)c2ccccc21. The number of nitrogens with one attached hydrogen (secondary N) is 3. The number of carbonyl (C=O) groups is 2. The predicted molar refractivity (Wildman–Crippen MR) is 150 cm³/mol. The van der Waals surface area contributed by atoms with Gasteiger partial charge in [-0.15, -0.1) is 0 Å². The first-order valence-corrected chi connectivity index (χ1v) is 14.1. The van der Waals surface area contributed by atoms with Crippen LogP contribution in [0.4, 0.5) is 11.6 Å². The standard InChI is InChI=1S/C30H39N5O3/c1-2-38-29(37)18-22-8-7-17-35(27-12-6-3-9-24(22)27)20-28(36)31-19-21-13-15-23(16-14-21)32-30-33-25-10-4-5-11-26(25)34-30/h3-6,9-12,21-23H,2,7-8,13-20H2,1H3,(H,31,36)(H2,32,33,34). The average molecular weight is 518 g/mol. The summed E-state index contributed by atoms with van der Waals surface area (Å²) >= 11 is 0. The van der Waals surface area contributed by atoms with Gasteiger partial charge in [0.05, 0.1) is 30.6 Å². The van der Waals surface area contributed by atoms with E-state index >= 15 is 0 Å². The first-order chi connectivity index (χ1) is 18.6. The van der Waals surface area contributed by atoms with Gasteiger partial charge < -0.3 is 25.3 Å². The number of ether oxygens (including phenoxy) is 1. The molecule has 1 aromatic heterocycles. The molecule has 3 aromatic rings. The van der Waals surface area contributed by atoms with Crippen molar-refractivity contribution in [1.29, 1.82) is 0 Å². The number of para-hydroxylation sites is 3. The number of benzene rings is 2. The van der Waals surface area contributed by atoms with E-state index in [1.54, 1.807) is 0 Å². The molecule has 0 radical (unpaired) electrons. The Hall–Kier alpha value is -3.55. The lowest BCUT2D eigenvalue weighted by Gasteiger charge is -2.30. The third kappa shape index (κ3) is 6.47. The normalized spacial score (nSPS) is 21.4. The number of imidazole rings is 1. The molecule has 1 unspecified atom stereocenters. The number of aromatic amines is 1. The molecular formula is C30H39N5O3. The van der Waals surface area contributed by atoms with E-state index in [-0.39, 0.29) is 17.8 Å². The van der Waals surface area contributed by atoms with Crippen molar-refractivity contribution < 1.29 is 14.3 Å². The Bertz CT molecular complexity index is 1200. The zero-order valence-electron chi connectivity index (χ0n) is 22.2. The molecular weight excluding hydrogens is 478 g/mol. The van der Waals surface area contributed by atoms with Crippen LogP contribution in [-0.4, -0.2) is 54.1 Å². The van der Waals surface area contributed by atoms with Crippen molar-refractivity contribution in [3.05, 3.63) is 54.1 Å². The Morgan fingerprint density at radius 3 is 2.66 bits per heavy atom. The zero-order valence-corrected chi connectivity index (χ0v) is 22.2. The molecule has 1 fully saturated rings. The fraction of sp³-hybridized carbons (Fsp3) is 0.500. The zero-order chi connectivity index (χ0) is 26.3. The summed E-state index contributed by atoms with van der Waals surface area (Å²) in [7, 11) is 0. The van der Waals surface area contributed by atoms with Gasteiger partial charge in [0.1, 0.15) is 0 Å². The minimum absolute atomic E-state index is 0.0613. The first-order valence-electron chi connectivity index (χ1n) is 14.1. The summed E-state index contributed by atoms with van der Waals surface area (Å²) in [6.45, 7) is 4.11. The van der Waals surface area contributed by atoms with Crippen LogP contribution in [0.3, 0.4) is 0 Å². The monoisotopic (exact) mass is 517 g/mol. The minimum Gasteiger partial charge on any atom is -0.466 e. The topological polar surface area (TPSA) is 99.3 Å². The first kappa shape index (κ1) is 26.1. The van der Waals surface area contributed by atoms with Crippen LogP contribution >= 0.6 is 0 Å². The molecule has 1 aliphatic carbocycles. The molecule has 0 bridgehead atoms. The maximum atomic E-state index is 13.0. The highest BCUT2D eigenvalue weighted by molar-refractivity contribution is 5.82. The highest BCUT2D eigenvalue weighted by Crippen LogP contribution is 2.36. The van der Waals surface area contributed by atoms with Crippen molar-refractivity contribution in [2.75, 3.05) is 36.5 Å². The number of hydrogen-bond acceptors (Lipinski definition) is 6. The lowest BCUT2D eigenvalue weighted by Crippen LogP contribution is -2.40. The lowest BCUT2D eigenvalue weighted by molar-refractivity contribution is -0.143. The molecule has 0 spiro atoms. The van der Waals surface area contributed by atoms with Crippen LogP contribution in [0.5, 0.6) is 0 Å². The van der Waals surface area contributed by atoms with Crippen LogP contribution in [0, 0.1) is 5.92 Å². The Morgan fingerprint density at radius 1 is 1.05 bits per heavy atom. The molecule has 5 rings (SSSR count). The largest absolute Gasteiger partial charge is 0.466 e. The number of nitrogens with zero attached hydrogens (tertiary/aromatic N) is 2. The number of anilines is 2. The van der Waals surface area contributed by atoms with Crippen LogP contribution in [0.25, 0.3) is 11.0 Å². The summed E-state index contributed by atoms with van der Waals surface area (Å²) in [5, 5.41) is 6.76. The Balaban J connectivity index is 1.09. The van der Waals surface area contributed by atoms with Gasteiger partial charge in [0.2, 0.25) is 11.9 Å². The second-order valence-corrected chi connectivity index (χ2v) is 10.6. The molecule has 2 heterocycles. The van der Waals surface area contributed by atoms with Gasteiger partial charge in [-0.2, -0.15) is 0 Å².